The van der Waals surface area contributed by atoms with Crippen molar-refractivity contribution in [2.24, 2.45) is 5.14 Å². The topological polar surface area (TPSA) is 75.9 Å². The molecule has 2 aromatic carbocycles. The van der Waals surface area contributed by atoms with Crippen LogP contribution in [0.15, 0.2) is 53.4 Å². The van der Waals surface area contributed by atoms with Gasteiger partial charge in [-0.05, 0) is 42.0 Å². The van der Waals surface area contributed by atoms with Gasteiger partial charge >= 0.3 is 0 Å². The number of primary sulfonamides is 1. The van der Waals surface area contributed by atoms with Gasteiger partial charge in [0.2, 0.25) is 10.0 Å². The second-order valence-electron chi connectivity index (χ2n) is 6.15. The normalized spacial score (nSPS) is 16.0. The van der Waals surface area contributed by atoms with Crippen LogP contribution in [0.4, 0.5) is 5.69 Å². The Balaban J connectivity index is 1.58. The predicted octanol–water partition coefficient (Wildman–Crippen LogP) is 1.66. The Morgan fingerprint density at radius 3 is 2.32 bits per heavy atom. The molecule has 1 aliphatic rings. The molecule has 1 fully saturated rings. The van der Waals surface area contributed by atoms with Crippen LogP contribution < -0.4 is 14.8 Å². The first-order chi connectivity index (χ1) is 12.0. The quantitative estimate of drug-likeness (QED) is 0.877. The SMILES string of the molecule is COc1cccc(CN2CCN(c3ccc(S(N)(=O)=O)cc3)CC2)c1. The zero-order valence-corrected chi connectivity index (χ0v) is 15.1. The fourth-order valence-electron chi connectivity index (χ4n) is 3.04. The highest BCUT2D eigenvalue weighted by Crippen LogP contribution is 2.20. The Morgan fingerprint density at radius 2 is 1.72 bits per heavy atom. The molecule has 2 N–H and O–H groups in total. The van der Waals surface area contributed by atoms with E-state index >= 15 is 0 Å². The minimum atomic E-state index is -3.64. The van der Waals surface area contributed by atoms with Gasteiger partial charge in [0.1, 0.15) is 5.75 Å². The third-order valence-corrected chi connectivity index (χ3v) is 5.37. The van der Waals surface area contributed by atoms with Crippen LogP contribution in [0, 0.1) is 0 Å². The fraction of sp³-hybridized carbons (Fsp3) is 0.333. The summed E-state index contributed by atoms with van der Waals surface area (Å²) in [6, 6.07) is 14.9. The van der Waals surface area contributed by atoms with Crippen molar-refractivity contribution in [1.82, 2.24) is 4.90 Å². The summed E-state index contributed by atoms with van der Waals surface area (Å²) in [6.07, 6.45) is 0. The number of ether oxygens (including phenoxy) is 1. The van der Waals surface area contributed by atoms with Crippen LogP contribution >= 0.6 is 0 Å². The van der Waals surface area contributed by atoms with Gasteiger partial charge in [0.05, 0.1) is 12.0 Å². The van der Waals surface area contributed by atoms with E-state index in [1.807, 2.05) is 24.3 Å². The highest BCUT2D eigenvalue weighted by Gasteiger charge is 2.18. The Bertz CT molecular complexity index is 814. The number of benzene rings is 2. The molecule has 0 bridgehead atoms. The Labute approximate surface area is 148 Å². The Kier molecular flexibility index (Phi) is 5.27. The standard InChI is InChI=1S/C18H23N3O3S/c1-24-17-4-2-3-15(13-17)14-20-9-11-21(12-10-20)16-5-7-18(8-6-16)25(19,22)23/h2-8,13H,9-12,14H2,1H3,(H2,19,22,23). The molecular formula is C18H23N3O3S. The number of nitrogens with two attached hydrogens (primary N) is 1. The summed E-state index contributed by atoms with van der Waals surface area (Å²) in [7, 11) is -1.96. The maximum Gasteiger partial charge on any atom is 0.238 e. The molecule has 25 heavy (non-hydrogen) atoms. The van der Waals surface area contributed by atoms with Crippen molar-refractivity contribution in [2.45, 2.75) is 11.4 Å². The highest BCUT2D eigenvalue weighted by atomic mass is 32.2. The van der Waals surface area contributed by atoms with Gasteiger partial charge in [0, 0.05) is 38.4 Å². The van der Waals surface area contributed by atoms with Gasteiger partial charge in [-0.3, -0.25) is 4.90 Å². The van der Waals surface area contributed by atoms with E-state index in [-0.39, 0.29) is 4.90 Å². The summed E-state index contributed by atoms with van der Waals surface area (Å²) in [4.78, 5) is 4.81. The molecule has 1 heterocycles. The molecular weight excluding hydrogens is 338 g/mol. The van der Waals surface area contributed by atoms with Crippen molar-refractivity contribution in [3.05, 3.63) is 54.1 Å². The lowest BCUT2D eigenvalue weighted by atomic mass is 10.2. The summed E-state index contributed by atoms with van der Waals surface area (Å²) in [5.74, 6) is 0.881. The Morgan fingerprint density at radius 1 is 1.04 bits per heavy atom. The van der Waals surface area contributed by atoms with Crippen LogP contribution in [0.5, 0.6) is 5.75 Å². The van der Waals surface area contributed by atoms with E-state index in [1.165, 1.54) is 5.56 Å². The molecule has 2 aromatic rings. The number of anilines is 1. The average molecular weight is 361 g/mol. The van der Waals surface area contributed by atoms with Gasteiger partial charge in [-0.2, -0.15) is 0 Å². The van der Waals surface area contributed by atoms with E-state index in [0.29, 0.717) is 0 Å². The first-order valence-electron chi connectivity index (χ1n) is 8.19. The largest absolute Gasteiger partial charge is 0.497 e. The monoisotopic (exact) mass is 361 g/mol. The first-order valence-corrected chi connectivity index (χ1v) is 9.73. The average Bonchev–Trinajstić information content (AvgIpc) is 2.62. The van der Waals surface area contributed by atoms with Gasteiger partial charge < -0.3 is 9.64 Å². The second kappa shape index (κ2) is 7.43. The van der Waals surface area contributed by atoms with Crippen LogP contribution in [-0.2, 0) is 16.6 Å². The molecule has 6 nitrogen and oxygen atoms in total. The third kappa shape index (κ3) is 4.50. The van der Waals surface area contributed by atoms with E-state index in [0.717, 1.165) is 44.2 Å². The zero-order valence-electron chi connectivity index (χ0n) is 14.3. The predicted molar refractivity (Wildman–Crippen MR) is 98.3 cm³/mol. The molecule has 0 aromatic heterocycles. The summed E-state index contributed by atoms with van der Waals surface area (Å²) in [5, 5.41) is 5.14. The Hall–Kier alpha value is -2.09. The van der Waals surface area contributed by atoms with Crippen LogP contribution in [0.25, 0.3) is 0 Å². The summed E-state index contributed by atoms with van der Waals surface area (Å²) in [5.41, 5.74) is 2.26. The molecule has 0 radical (unpaired) electrons. The van der Waals surface area contributed by atoms with Gasteiger partial charge in [0.15, 0.2) is 0 Å². The highest BCUT2D eigenvalue weighted by molar-refractivity contribution is 7.89. The van der Waals surface area contributed by atoms with Crippen molar-refractivity contribution >= 4 is 15.7 Å². The molecule has 134 valence electrons. The van der Waals surface area contributed by atoms with Crippen molar-refractivity contribution in [3.8, 4) is 5.75 Å². The van der Waals surface area contributed by atoms with E-state index < -0.39 is 10.0 Å². The van der Waals surface area contributed by atoms with Crippen molar-refractivity contribution in [1.29, 1.82) is 0 Å². The second-order valence-corrected chi connectivity index (χ2v) is 7.72. The van der Waals surface area contributed by atoms with Gasteiger partial charge in [-0.25, -0.2) is 13.6 Å². The van der Waals surface area contributed by atoms with Crippen molar-refractivity contribution in [3.63, 3.8) is 0 Å². The number of sulfonamides is 1. The third-order valence-electron chi connectivity index (χ3n) is 4.44. The molecule has 0 atom stereocenters. The van der Waals surface area contributed by atoms with Gasteiger partial charge in [-0.1, -0.05) is 12.1 Å². The number of methoxy groups -OCH3 is 1. The smallest absolute Gasteiger partial charge is 0.238 e. The summed E-state index contributed by atoms with van der Waals surface area (Å²) in [6.45, 7) is 4.61. The fourth-order valence-corrected chi connectivity index (χ4v) is 3.56. The number of rotatable bonds is 5. The minimum Gasteiger partial charge on any atom is -0.497 e. The number of piperazine rings is 1. The van der Waals surface area contributed by atoms with Crippen molar-refractivity contribution in [2.75, 3.05) is 38.2 Å². The maximum atomic E-state index is 11.3. The molecule has 1 saturated heterocycles. The van der Waals surface area contributed by atoms with Gasteiger partial charge in [0.25, 0.3) is 0 Å². The van der Waals surface area contributed by atoms with E-state index in [4.69, 9.17) is 9.88 Å². The number of hydrogen-bond acceptors (Lipinski definition) is 5. The van der Waals surface area contributed by atoms with Crippen LogP contribution in [0.2, 0.25) is 0 Å². The van der Waals surface area contributed by atoms with E-state index in [2.05, 4.69) is 21.9 Å². The number of nitrogens with zero attached hydrogens (tertiary/aromatic N) is 2. The van der Waals surface area contributed by atoms with E-state index in [9.17, 15) is 8.42 Å². The summed E-state index contributed by atoms with van der Waals surface area (Å²) >= 11 is 0. The van der Waals surface area contributed by atoms with E-state index in [1.54, 1.807) is 19.2 Å². The lowest BCUT2D eigenvalue weighted by molar-refractivity contribution is 0.249. The first kappa shape index (κ1) is 17.7. The maximum absolute atomic E-state index is 11.3. The van der Waals surface area contributed by atoms with Crippen LogP contribution in [0.1, 0.15) is 5.56 Å². The zero-order chi connectivity index (χ0) is 17.9. The number of hydrogen-bond donors (Lipinski definition) is 1. The lowest BCUT2D eigenvalue weighted by Gasteiger charge is -2.36. The molecule has 0 spiro atoms. The molecule has 0 amide bonds. The van der Waals surface area contributed by atoms with Crippen LogP contribution in [-0.4, -0.2) is 46.6 Å². The molecule has 3 rings (SSSR count). The lowest BCUT2D eigenvalue weighted by Crippen LogP contribution is -2.45. The molecule has 7 heteroatoms. The molecule has 1 aliphatic heterocycles. The molecule has 0 unspecified atom stereocenters. The minimum absolute atomic E-state index is 0.146. The van der Waals surface area contributed by atoms with Crippen molar-refractivity contribution < 1.29 is 13.2 Å². The van der Waals surface area contributed by atoms with Gasteiger partial charge in [-0.15, -0.1) is 0 Å². The van der Waals surface area contributed by atoms with Crippen LogP contribution in [0.3, 0.4) is 0 Å². The summed E-state index contributed by atoms with van der Waals surface area (Å²) < 4.78 is 27.9. The molecule has 0 saturated carbocycles. The molecule has 0 aliphatic carbocycles.